The van der Waals surface area contributed by atoms with Crippen LogP contribution in [0.4, 0.5) is 0 Å². The lowest BCUT2D eigenvalue weighted by atomic mass is 9.85. The monoisotopic (exact) mass is 641 g/mol. The number of nitrogens with zero attached hydrogens (tertiary/aromatic N) is 4. The number of rotatable bonds is 5. The molecule has 1 unspecified atom stereocenters. The number of piperazine rings is 1. The molecule has 2 saturated heterocycles. The van der Waals surface area contributed by atoms with E-state index in [2.05, 4.69) is 4.99 Å². The third kappa shape index (κ3) is 7.13. The van der Waals surface area contributed by atoms with E-state index in [0.29, 0.717) is 36.8 Å². The summed E-state index contributed by atoms with van der Waals surface area (Å²) < 4.78 is 28.9. The molecule has 41 heavy (non-hydrogen) atoms. The molecule has 0 bridgehead atoms. The number of amidine groups is 1. The molecule has 2 aromatic carbocycles. The predicted molar refractivity (Wildman–Crippen MR) is 167 cm³/mol. The van der Waals surface area contributed by atoms with Crippen LogP contribution in [0.2, 0.25) is 5.02 Å². The first-order valence-corrected chi connectivity index (χ1v) is 16.8. The van der Waals surface area contributed by atoms with Crippen molar-refractivity contribution in [2.75, 3.05) is 44.2 Å². The first-order chi connectivity index (χ1) is 19.1. The van der Waals surface area contributed by atoms with E-state index in [0.717, 1.165) is 35.1 Å². The maximum absolute atomic E-state index is 13.8. The Bertz CT molecular complexity index is 1410. The fourth-order valence-electron chi connectivity index (χ4n) is 5.92. The molecule has 2 N–H and O–H groups in total. The number of carbonyl (C=O) groups excluding carboxylic acids is 2. The van der Waals surface area contributed by atoms with Crippen molar-refractivity contribution in [1.82, 2.24) is 14.1 Å². The summed E-state index contributed by atoms with van der Waals surface area (Å²) in [5, 5.41) is 2.19. The van der Waals surface area contributed by atoms with Gasteiger partial charge in [0, 0.05) is 55.2 Å². The lowest BCUT2D eigenvalue weighted by Crippen LogP contribution is -2.63. The van der Waals surface area contributed by atoms with Crippen molar-refractivity contribution in [3.8, 4) is 0 Å². The van der Waals surface area contributed by atoms with Crippen LogP contribution in [0.25, 0.3) is 10.8 Å². The Labute approximate surface area is 257 Å². The Morgan fingerprint density at radius 2 is 1.61 bits per heavy atom. The van der Waals surface area contributed by atoms with Gasteiger partial charge in [0.2, 0.25) is 21.8 Å². The minimum Gasteiger partial charge on any atom is -0.388 e. The number of benzene rings is 2. The van der Waals surface area contributed by atoms with E-state index in [-0.39, 0.29) is 60.7 Å². The van der Waals surface area contributed by atoms with Crippen LogP contribution in [-0.4, -0.2) is 96.5 Å². The summed E-state index contributed by atoms with van der Waals surface area (Å²) in [5.74, 6) is 1.79. The van der Waals surface area contributed by atoms with Crippen LogP contribution in [0.5, 0.6) is 0 Å². The lowest BCUT2D eigenvalue weighted by Gasteiger charge is -2.44. The zero-order valence-corrected chi connectivity index (χ0v) is 26.3. The van der Waals surface area contributed by atoms with Crippen LogP contribution in [-0.2, 0) is 19.6 Å². The van der Waals surface area contributed by atoms with Crippen LogP contribution in [0.1, 0.15) is 32.6 Å². The van der Waals surface area contributed by atoms with Crippen molar-refractivity contribution < 1.29 is 18.0 Å². The zero-order valence-electron chi connectivity index (χ0n) is 23.1. The number of carbonyl (C=O) groups is 2. The third-order valence-electron chi connectivity index (χ3n) is 8.08. The molecule has 1 saturated carbocycles. The van der Waals surface area contributed by atoms with Crippen LogP contribution in [0.3, 0.4) is 0 Å². The van der Waals surface area contributed by atoms with Gasteiger partial charge >= 0.3 is 0 Å². The minimum atomic E-state index is -3.89. The number of fused-ring (bicyclic) bond motifs is 1. The predicted octanol–water partition coefficient (Wildman–Crippen LogP) is 3.63. The van der Waals surface area contributed by atoms with Gasteiger partial charge in [-0.05, 0) is 67.6 Å². The molecule has 2 aromatic rings. The van der Waals surface area contributed by atoms with E-state index in [1.54, 1.807) is 64.9 Å². The first kappa shape index (κ1) is 31.9. The number of amides is 2. The van der Waals surface area contributed by atoms with E-state index in [4.69, 9.17) is 17.3 Å². The van der Waals surface area contributed by atoms with E-state index >= 15 is 0 Å². The number of aliphatic imine (C=N–C) groups is 1. The van der Waals surface area contributed by atoms with Crippen molar-refractivity contribution in [1.29, 1.82) is 0 Å². The average molecular weight is 643 g/mol. The normalized spacial score (nSPS) is 24.6. The molecule has 13 heteroatoms. The van der Waals surface area contributed by atoms with Crippen molar-refractivity contribution >= 4 is 74.2 Å². The highest BCUT2D eigenvalue weighted by Crippen LogP contribution is 2.31. The maximum Gasteiger partial charge on any atom is 0.246 e. The fraction of sp³-hybridized carbons (Fsp3) is 0.536. The molecule has 0 radical (unpaired) electrons. The van der Waals surface area contributed by atoms with Crippen molar-refractivity contribution in [3.05, 3.63) is 41.4 Å². The molecule has 3 fully saturated rings. The first-order valence-electron chi connectivity index (χ1n) is 13.8. The number of thioether (sulfide) groups is 1. The summed E-state index contributed by atoms with van der Waals surface area (Å²) in [6.07, 6.45) is 2.91. The maximum atomic E-state index is 13.8. The fourth-order valence-corrected chi connectivity index (χ4v) is 8.48. The van der Waals surface area contributed by atoms with Gasteiger partial charge in [-0.2, -0.15) is 16.1 Å². The summed E-state index contributed by atoms with van der Waals surface area (Å²) in [7, 11) is -3.89. The van der Waals surface area contributed by atoms with E-state index < -0.39 is 16.1 Å². The molecule has 2 aliphatic heterocycles. The average Bonchev–Trinajstić information content (AvgIpc) is 2.96. The standard InChI is InChI=1S/C28H36ClN5O4S2.ClH/c1-19(30)31-24-7-3-20(4-8-24)27(35)34-11-10-33(18-26(34)28(36)32-12-14-39-15-13-32)40(37,38)25-9-5-21-16-23(29)6-2-22(21)17-25;/h2,5-6,9,16-17,20,24,26H,3-4,7-8,10-15,18H2,1H3,(H2,30,31);1H. The molecule has 224 valence electrons. The molecule has 5 rings (SSSR count). The van der Waals surface area contributed by atoms with Gasteiger partial charge in [-0.25, -0.2) is 8.42 Å². The third-order valence-corrected chi connectivity index (χ3v) is 11.1. The van der Waals surface area contributed by atoms with E-state index in [1.165, 1.54) is 4.31 Å². The zero-order chi connectivity index (χ0) is 28.4. The number of hydrogen-bond donors (Lipinski definition) is 1. The van der Waals surface area contributed by atoms with Crippen molar-refractivity contribution in [3.63, 3.8) is 0 Å². The summed E-state index contributed by atoms with van der Waals surface area (Å²) in [4.78, 5) is 35.7. The van der Waals surface area contributed by atoms with Gasteiger partial charge in [-0.3, -0.25) is 14.6 Å². The second-order valence-corrected chi connectivity index (χ2v) is 14.4. The van der Waals surface area contributed by atoms with E-state index in [9.17, 15) is 18.0 Å². The highest BCUT2D eigenvalue weighted by molar-refractivity contribution is 7.99. The molecule has 0 aromatic heterocycles. The Kier molecular flexibility index (Phi) is 10.5. The Hall–Kier alpha value is -2.05. The summed E-state index contributed by atoms with van der Waals surface area (Å²) >= 11 is 7.89. The van der Waals surface area contributed by atoms with Gasteiger partial charge in [-0.15, -0.1) is 12.4 Å². The second kappa shape index (κ2) is 13.5. The van der Waals surface area contributed by atoms with Gasteiger partial charge < -0.3 is 15.5 Å². The molecule has 1 aliphatic carbocycles. The molecular weight excluding hydrogens is 605 g/mol. The Morgan fingerprint density at radius 1 is 0.951 bits per heavy atom. The molecule has 2 amide bonds. The van der Waals surface area contributed by atoms with Crippen LogP contribution < -0.4 is 5.73 Å². The topological polar surface area (TPSA) is 116 Å². The highest BCUT2D eigenvalue weighted by atomic mass is 35.5. The lowest BCUT2D eigenvalue weighted by molar-refractivity contribution is -0.151. The van der Waals surface area contributed by atoms with Crippen LogP contribution in [0, 0.1) is 5.92 Å². The second-order valence-electron chi connectivity index (χ2n) is 10.8. The van der Waals surface area contributed by atoms with Gasteiger partial charge in [0.05, 0.1) is 16.8 Å². The van der Waals surface area contributed by atoms with E-state index in [1.807, 2.05) is 0 Å². The molecule has 2 heterocycles. The largest absolute Gasteiger partial charge is 0.388 e. The quantitative estimate of drug-likeness (QED) is 0.394. The van der Waals surface area contributed by atoms with Gasteiger partial charge in [0.1, 0.15) is 6.04 Å². The summed E-state index contributed by atoms with van der Waals surface area (Å²) in [6, 6.07) is 9.55. The number of halogens is 2. The highest BCUT2D eigenvalue weighted by Gasteiger charge is 2.43. The SMILES string of the molecule is CC(N)=NC1CCC(C(=O)N2CCN(S(=O)(=O)c3ccc4cc(Cl)ccc4c3)CC2C(=O)N2CCSCC2)CC1.Cl. The minimum absolute atomic E-state index is 0. The molecular formula is C28H37Cl2N5O4S2. The van der Waals surface area contributed by atoms with Gasteiger partial charge in [-0.1, -0.05) is 23.7 Å². The van der Waals surface area contributed by atoms with Gasteiger partial charge in [0.15, 0.2) is 0 Å². The number of nitrogens with two attached hydrogens (primary N) is 1. The smallest absolute Gasteiger partial charge is 0.246 e. The Morgan fingerprint density at radius 3 is 2.29 bits per heavy atom. The summed E-state index contributed by atoms with van der Waals surface area (Å²) in [5.41, 5.74) is 5.75. The van der Waals surface area contributed by atoms with Crippen LogP contribution in [0.15, 0.2) is 46.3 Å². The molecule has 9 nitrogen and oxygen atoms in total. The molecule has 1 atom stereocenters. The Balaban J connectivity index is 0.00000387. The van der Waals surface area contributed by atoms with Crippen molar-refractivity contribution in [2.45, 2.75) is 49.6 Å². The van der Waals surface area contributed by atoms with Crippen molar-refractivity contribution in [2.24, 2.45) is 16.6 Å². The summed E-state index contributed by atoms with van der Waals surface area (Å²) in [6.45, 7) is 3.24. The number of sulfonamides is 1. The van der Waals surface area contributed by atoms with Gasteiger partial charge in [0.25, 0.3) is 0 Å². The molecule has 3 aliphatic rings. The molecule has 0 spiro atoms. The number of hydrogen-bond acceptors (Lipinski definition) is 6. The van der Waals surface area contributed by atoms with Crippen LogP contribution >= 0.6 is 35.8 Å².